The summed E-state index contributed by atoms with van der Waals surface area (Å²) in [6.07, 6.45) is 0. The number of aryl methyl sites for hydroxylation is 1. The summed E-state index contributed by atoms with van der Waals surface area (Å²) in [6, 6.07) is 9.07. The summed E-state index contributed by atoms with van der Waals surface area (Å²) in [5.41, 5.74) is 4.08. The van der Waals surface area contributed by atoms with Gasteiger partial charge in [-0.25, -0.2) is 0 Å². The van der Waals surface area contributed by atoms with E-state index in [0.29, 0.717) is 36.4 Å². The van der Waals surface area contributed by atoms with Gasteiger partial charge in [0.2, 0.25) is 0 Å². The summed E-state index contributed by atoms with van der Waals surface area (Å²) in [7, 11) is 0. The number of anilines is 1. The van der Waals surface area contributed by atoms with E-state index in [4.69, 9.17) is 9.26 Å². The van der Waals surface area contributed by atoms with Crippen molar-refractivity contribution in [3.63, 3.8) is 0 Å². The molecule has 1 aliphatic rings. The maximum Gasteiger partial charge on any atom is 0.274 e. The number of ether oxygens (including phenoxy) is 1. The normalized spacial score (nSPS) is 14.3. The van der Waals surface area contributed by atoms with Crippen LogP contribution in [-0.4, -0.2) is 54.1 Å². The minimum absolute atomic E-state index is 0.00481. The Hall–Kier alpha value is -3.52. The van der Waals surface area contributed by atoms with Crippen molar-refractivity contribution >= 4 is 11.6 Å². The van der Waals surface area contributed by atoms with Gasteiger partial charge in [-0.2, -0.15) is 0 Å². The number of phenols is 2. The molecule has 0 saturated carbocycles. The number of carbonyl (C=O) groups is 1. The van der Waals surface area contributed by atoms with Gasteiger partial charge in [0.1, 0.15) is 11.5 Å². The van der Waals surface area contributed by atoms with E-state index in [1.807, 2.05) is 46.8 Å². The van der Waals surface area contributed by atoms with Gasteiger partial charge in [-0.15, -0.1) is 0 Å². The van der Waals surface area contributed by atoms with Crippen LogP contribution < -0.4 is 10.2 Å². The first-order chi connectivity index (χ1) is 16.6. The Bertz CT molecular complexity index is 1240. The average Bonchev–Trinajstić information content (AvgIpc) is 3.23. The van der Waals surface area contributed by atoms with Gasteiger partial charge in [0, 0.05) is 37.0 Å². The van der Waals surface area contributed by atoms with Crippen LogP contribution in [0.15, 0.2) is 34.9 Å². The zero-order valence-corrected chi connectivity index (χ0v) is 20.9. The SMILES string of the molecule is CCNC(=O)c1noc(-c2cc(C(C)(C)C)c(O)cc2O)c1-c1ccc(N2CCOCC2)cc1C. The number of morpholine rings is 1. The second-order valence-electron chi connectivity index (χ2n) is 9.83. The third kappa shape index (κ3) is 4.84. The monoisotopic (exact) mass is 479 g/mol. The molecule has 0 aliphatic carbocycles. The second-order valence-corrected chi connectivity index (χ2v) is 9.83. The third-order valence-corrected chi connectivity index (χ3v) is 6.27. The lowest BCUT2D eigenvalue weighted by Crippen LogP contribution is -2.36. The lowest BCUT2D eigenvalue weighted by atomic mass is 9.84. The predicted octanol–water partition coefficient (Wildman–Crippen LogP) is 4.61. The van der Waals surface area contributed by atoms with Gasteiger partial charge < -0.3 is 29.7 Å². The maximum atomic E-state index is 12.9. The van der Waals surface area contributed by atoms with Crippen molar-refractivity contribution in [2.75, 3.05) is 37.7 Å². The first-order valence-electron chi connectivity index (χ1n) is 11.9. The molecule has 1 saturated heterocycles. The number of rotatable bonds is 5. The molecule has 8 heteroatoms. The van der Waals surface area contributed by atoms with Gasteiger partial charge in [0.15, 0.2) is 11.5 Å². The molecule has 35 heavy (non-hydrogen) atoms. The number of nitrogens with zero attached hydrogens (tertiary/aromatic N) is 2. The molecule has 1 amide bonds. The quantitative estimate of drug-likeness (QED) is 0.490. The van der Waals surface area contributed by atoms with Crippen molar-refractivity contribution < 1.29 is 24.3 Å². The molecule has 4 rings (SSSR count). The fourth-order valence-electron chi connectivity index (χ4n) is 4.43. The first-order valence-corrected chi connectivity index (χ1v) is 11.9. The van der Waals surface area contributed by atoms with Crippen molar-refractivity contribution in [3.05, 3.63) is 47.2 Å². The number of carbonyl (C=O) groups excluding carboxylic acids is 1. The number of hydrogen-bond acceptors (Lipinski definition) is 7. The number of aromatic hydroxyl groups is 2. The van der Waals surface area contributed by atoms with E-state index < -0.39 is 0 Å². The Balaban J connectivity index is 1.89. The Kier molecular flexibility index (Phi) is 6.76. The molecule has 1 fully saturated rings. The Labute approximate surface area is 205 Å². The summed E-state index contributed by atoms with van der Waals surface area (Å²) < 4.78 is 11.2. The molecule has 3 N–H and O–H groups in total. The number of aromatic nitrogens is 1. The van der Waals surface area contributed by atoms with E-state index in [2.05, 4.69) is 21.4 Å². The zero-order valence-electron chi connectivity index (χ0n) is 20.9. The third-order valence-electron chi connectivity index (χ3n) is 6.27. The van der Waals surface area contributed by atoms with Crippen LogP contribution >= 0.6 is 0 Å². The van der Waals surface area contributed by atoms with Crippen molar-refractivity contribution in [2.45, 2.75) is 40.0 Å². The highest BCUT2D eigenvalue weighted by Gasteiger charge is 2.29. The topological polar surface area (TPSA) is 108 Å². The molecule has 0 radical (unpaired) electrons. The van der Waals surface area contributed by atoms with Gasteiger partial charge in [0.05, 0.1) is 24.3 Å². The molecule has 8 nitrogen and oxygen atoms in total. The number of nitrogens with one attached hydrogen (secondary N) is 1. The Morgan fingerprint density at radius 2 is 1.80 bits per heavy atom. The van der Waals surface area contributed by atoms with E-state index in [1.54, 1.807) is 6.07 Å². The van der Waals surface area contributed by atoms with Crippen LogP contribution in [0, 0.1) is 6.92 Å². The summed E-state index contributed by atoms with van der Waals surface area (Å²) in [5, 5.41) is 28.1. The van der Waals surface area contributed by atoms with Gasteiger partial charge in [-0.1, -0.05) is 32.0 Å². The highest BCUT2D eigenvalue weighted by molar-refractivity contribution is 6.03. The molecular weight excluding hydrogens is 446 g/mol. The van der Waals surface area contributed by atoms with Crippen LogP contribution in [0.3, 0.4) is 0 Å². The Morgan fingerprint density at radius 3 is 2.43 bits per heavy atom. The van der Waals surface area contributed by atoms with Gasteiger partial charge in [-0.05, 0) is 48.6 Å². The molecule has 2 heterocycles. The number of hydrogen-bond donors (Lipinski definition) is 3. The Morgan fingerprint density at radius 1 is 1.09 bits per heavy atom. The van der Waals surface area contributed by atoms with E-state index >= 15 is 0 Å². The van der Waals surface area contributed by atoms with Crippen LogP contribution in [0.2, 0.25) is 0 Å². The number of benzene rings is 2. The highest BCUT2D eigenvalue weighted by Crippen LogP contribution is 2.45. The predicted molar refractivity (Wildman–Crippen MR) is 135 cm³/mol. The van der Waals surface area contributed by atoms with Crippen LogP contribution in [0.5, 0.6) is 11.5 Å². The molecule has 186 valence electrons. The summed E-state index contributed by atoms with van der Waals surface area (Å²) in [6.45, 7) is 13.2. The van der Waals surface area contributed by atoms with Gasteiger partial charge in [-0.3, -0.25) is 4.79 Å². The van der Waals surface area contributed by atoms with Crippen molar-refractivity contribution in [3.8, 4) is 33.9 Å². The maximum absolute atomic E-state index is 12.9. The fourth-order valence-corrected chi connectivity index (χ4v) is 4.43. The van der Waals surface area contributed by atoms with Crippen molar-refractivity contribution in [1.82, 2.24) is 10.5 Å². The van der Waals surface area contributed by atoms with Crippen LogP contribution in [0.25, 0.3) is 22.5 Å². The molecule has 1 aliphatic heterocycles. The van der Waals surface area contributed by atoms with Crippen LogP contribution in [0.4, 0.5) is 5.69 Å². The van der Waals surface area contributed by atoms with E-state index in [-0.39, 0.29) is 34.3 Å². The van der Waals surface area contributed by atoms with Gasteiger partial charge >= 0.3 is 0 Å². The molecule has 3 aromatic rings. The zero-order chi connectivity index (χ0) is 25.3. The van der Waals surface area contributed by atoms with Gasteiger partial charge in [0.25, 0.3) is 5.91 Å². The average molecular weight is 480 g/mol. The summed E-state index contributed by atoms with van der Waals surface area (Å²) >= 11 is 0. The first kappa shape index (κ1) is 24.6. The fraction of sp³-hybridized carbons (Fsp3) is 0.407. The smallest absolute Gasteiger partial charge is 0.274 e. The molecular formula is C27H33N3O5. The van der Waals surface area contributed by atoms with Crippen molar-refractivity contribution in [1.29, 1.82) is 0 Å². The van der Waals surface area contributed by atoms with Crippen LogP contribution in [0.1, 0.15) is 49.3 Å². The number of phenolic OH excluding ortho intramolecular Hbond substituents is 2. The minimum Gasteiger partial charge on any atom is -0.508 e. The standard InChI is InChI=1S/C27H33N3O5/c1-6-28-26(33)24-23(18-8-7-17(13-16(18)2)30-9-11-34-12-10-30)25(35-29-24)19-14-20(27(3,4)5)22(32)15-21(19)31/h7-8,13-15,31-32H,6,9-12H2,1-5H3,(H,28,33). The summed E-state index contributed by atoms with van der Waals surface area (Å²) in [5.74, 6) is -0.243. The van der Waals surface area contributed by atoms with E-state index in [0.717, 1.165) is 29.9 Å². The highest BCUT2D eigenvalue weighted by atomic mass is 16.5. The molecule has 0 bridgehead atoms. The van der Waals surface area contributed by atoms with E-state index in [9.17, 15) is 15.0 Å². The molecule has 1 aromatic heterocycles. The molecule has 2 aromatic carbocycles. The lowest BCUT2D eigenvalue weighted by molar-refractivity contribution is 0.0947. The summed E-state index contributed by atoms with van der Waals surface area (Å²) in [4.78, 5) is 15.2. The molecule has 0 spiro atoms. The molecule has 0 unspecified atom stereocenters. The van der Waals surface area contributed by atoms with Crippen LogP contribution in [-0.2, 0) is 10.2 Å². The van der Waals surface area contributed by atoms with E-state index in [1.165, 1.54) is 6.07 Å². The lowest BCUT2D eigenvalue weighted by Gasteiger charge is -2.29. The molecule has 0 atom stereocenters. The van der Waals surface area contributed by atoms with Crippen molar-refractivity contribution in [2.24, 2.45) is 0 Å². The minimum atomic E-state index is -0.384. The second kappa shape index (κ2) is 9.62. The largest absolute Gasteiger partial charge is 0.508 e. The number of amides is 1.